The summed E-state index contributed by atoms with van der Waals surface area (Å²) in [6.07, 6.45) is 4.03. The van der Waals surface area contributed by atoms with Crippen LogP contribution < -0.4 is 10.6 Å². The van der Waals surface area contributed by atoms with E-state index in [9.17, 15) is 9.59 Å². The normalized spacial score (nSPS) is 19.4. The van der Waals surface area contributed by atoms with Gasteiger partial charge in [-0.25, -0.2) is 0 Å². The van der Waals surface area contributed by atoms with Crippen LogP contribution in [0.25, 0.3) is 10.8 Å². The highest BCUT2D eigenvalue weighted by molar-refractivity contribution is 5.91. The highest BCUT2D eigenvalue weighted by Gasteiger charge is 2.27. The Labute approximate surface area is 153 Å². The number of rotatable bonds is 7. The Morgan fingerprint density at radius 3 is 2.69 bits per heavy atom. The van der Waals surface area contributed by atoms with Gasteiger partial charge in [0.1, 0.15) is 0 Å². The van der Waals surface area contributed by atoms with Crippen molar-refractivity contribution < 1.29 is 14.7 Å². The summed E-state index contributed by atoms with van der Waals surface area (Å²) < 4.78 is 0. The molecule has 0 aromatic heterocycles. The largest absolute Gasteiger partial charge is 0.396 e. The molecule has 1 fully saturated rings. The van der Waals surface area contributed by atoms with Gasteiger partial charge in [-0.1, -0.05) is 48.9 Å². The fourth-order valence-corrected chi connectivity index (χ4v) is 3.86. The minimum atomic E-state index is -0.161. The van der Waals surface area contributed by atoms with Crippen molar-refractivity contribution in [1.82, 2.24) is 10.6 Å². The number of amides is 2. The molecule has 0 saturated heterocycles. The van der Waals surface area contributed by atoms with Gasteiger partial charge in [0.15, 0.2) is 0 Å². The fourth-order valence-electron chi connectivity index (χ4n) is 3.86. The molecule has 5 nitrogen and oxygen atoms in total. The molecule has 5 heteroatoms. The molecule has 0 spiro atoms. The van der Waals surface area contributed by atoms with Crippen LogP contribution in [-0.4, -0.2) is 36.1 Å². The highest BCUT2D eigenvalue weighted by atomic mass is 16.3. The van der Waals surface area contributed by atoms with E-state index in [0.717, 1.165) is 42.0 Å². The molecule has 0 heterocycles. The summed E-state index contributed by atoms with van der Waals surface area (Å²) >= 11 is 0. The predicted molar refractivity (Wildman–Crippen MR) is 102 cm³/mol. The fraction of sp³-hybridized carbons (Fsp3) is 0.429. The lowest BCUT2D eigenvalue weighted by atomic mass is 10.00. The van der Waals surface area contributed by atoms with Gasteiger partial charge in [0.25, 0.3) is 0 Å². The minimum absolute atomic E-state index is 0.00799. The zero-order valence-corrected chi connectivity index (χ0v) is 14.9. The third kappa shape index (κ3) is 4.61. The van der Waals surface area contributed by atoms with Gasteiger partial charge < -0.3 is 15.7 Å². The van der Waals surface area contributed by atoms with E-state index < -0.39 is 0 Å². The van der Waals surface area contributed by atoms with Crippen LogP contribution in [0.4, 0.5) is 0 Å². The van der Waals surface area contributed by atoms with Crippen LogP contribution in [0.2, 0.25) is 0 Å². The lowest BCUT2D eigenvalue weighted by Crippen LogP contribution is -2.43. The van der Waals surface area contributed by atoms with Gasteiger partial charge in [0, 0.05) is 12.6 Å². The Bertz CT molecular complexity index is 769. The molecule has 1 aliphatic carbocycles. The van der Waals surface area contributed by atoms with Gasteiger partial charge >= 0.3 is 0 Å². The third-order valence-corrected chi connectivity index (χ3v) is 5.18. The van der Waals surface area contributed by atoms with Gasteiger partial charge in [-0.3, -0.25) is 9.59 Å². The van der Waals surface area contributed by atoms with Crippen LogP contribution in [0.5, 0.6) is 0 Å². The topological polar surface area (TPSA) is 78.4 Å². The van der Waals surface area contributed by atoms with Crippen molar-refractivity contribution in [3.05, 3.63) is 48.0 Å². The number of aliphatic hydroxyl groups is 1. The van der Waals surface area contributed by atoms with E-state index in [4.69, 9.17) is 5.11 Å². The van der Waals surface area contributed by atoms with E-state index in [1.54, 1.807) is 0 Å². The summed E-state index contributed by atoms with van der Waals surface area (Å²) in [5, 5.41) is 17.0. The number of carbonyl (C=O) groups excluding carboxylic acids is 2. The summed E-state index contributed by atoms with van der Waals surface area (Å²) in [4.78, 5) is 24.4. The van der Waals surface area contributed by atoms with Crippen molar-refractivity contribution >= 4 is 22.6 Å². The first-order valence-corrected chi connectivity index (χ1v) is 9.31. The molecule has 0 aliphatic heterocycles. The van der Waals surface area contributed by atoms with E-state index >= 15 is 0 Å². The number of hydrogen-bond donors (Lipinski definition) is 3. The molecule has 2 unspecified atom stereocenters. The minimum Gasteiger partial charge on any atom is -0.396 e. The number of nitrogens with one attached hydrogen (secondary N) is 2. The number of hydrogen-bond acceptors (Lipinski definition) is 3. The number of aliphatic hydroxyl groups excluding tert-OH is 1. The number of benzene rings is 2. The van der Waals surface area contributed by atoms with Crippen molar-refractivity contribution in [3.63, 3.8) is 0 Å². The summed E-state index contributed by atoms with van der Waals surface area (Å²) in [7, 11) is 0. The summed E-state index contributed by atoms with van der Waals surface area (Å²) in [5.74, 6) is 0.0243. The quantitative estimate of drug-likeness (QED) is 0.713. The molecule has 0 radical (unpaired) electrons. The maximum Gasteiger partial charge on any atom is 0.239 e. The smallest absolute Gasteiger partial charge is 0.239 e. The zero-order valence-electron chi connectivity index (χ0n) is 14.9. The SMILES string of the molecule is O=C(Cc1cccc2ccccc12)NCC(=O)NC1CCCC1CCO. The van der Waals surface area contributed by atoms with Crippen molar-refractivity contribution in [2.75, 3.05) is 13.2 Å². The molecule has 2 amide bonds. The Morgan fingerprint density at radius 1 is 1.04 bits per heavy atom. The van der Waals surface area contributed by atoms with Gasteiger partial charge in [0.2, 0.25) is 11.8 Å². The van der Waals surface area contributed by atoms with Crippen LogP contribution in [-0.2, 0) is 16.0 Å². The zero-order chi connectivity index (χ0) is 18.4. The third-order valence-electron chi connectivity index (χ3n) is 5.18. The summed E-state index contributed by atoms with van der Waals surface area (Å²) in [6.45, 7) is 0.144. The molecule has 0 bridgehead atoms. The molecule has 3 N–H and O–H groups in total. The van der Waals surface area contributed by atoms with E-state index in [0.29, 0.717) is 5.92 Å². The van der Waals surface area contributed by atoms with E-state index in [-0.39, 0.29) is 37.4 Å². The molecule has 138 valence electrons. The lowest BCUT2D eigenvalue weighted by Gasteiger charge is -2.20. The lowest BCUT2D eigenvalue weighted by molar-refractivity contribution is -0.126. The molecule has 2 aromatic rings. The van der Waals surface area contributed by atoms with Crippen LogP contribution in [0, 0.1) is 5.92 Å². The summed E-state index contributed by atoms with van der Waals surface area (Å²) in [5.41, 5.74) is 0.958. The van der Waals surface area contributed by atoms with Crippen LogP contribution in [0.3, 0.4) is 0 Å². The Hall–Kier alpha value is -2.40. The van der Waals surface area contributed by atoms with Crippen LogP contribution >= 0.6 is 0 Å². The molecular formula is C21H26N2O3. The van der Waals surface area contributed by atoms with Crippen molar-refractivity contribution in [2.45, 2.75) is 38.1 Å². The van der Waals surface area contributed by atoms with Gasteiger partial charge in [-0.05, 0) is 41.5 Å². The molecule has 1 saturated carbocycles. The van der Waals surface area contributed by atoms with Crippen molar-refractivity contribution in [2.24, 2.45) is 5.92 Å². The molecular weight excluding hydrogens is 328 g/mol. The summed E-state index contributed by atoms with van der Waals surface area (Å²) in [6, 6.07) is 14.0. The average Bonchev–Trinajstić information content (AvgIpc) is 3.07. The first-order chi connectivity index (χ1) is 12.7. The van der Waals surface area contributed by atoms with Crippen molar-refractivity contribution in [1.29, 1.82) is 0 Å². The highest BCUT2D eigenvalue weighted by Crippen LogP contribution is 2.28. The Kier molecular flexibility index (Phi) is 6.23. The van der Waals surface area contributed by atoms with E-state index in [2.05, 4.69) is 10.6 Å². The Morgan fingerprint density at radius 2 is 1.85 bits per heavy atom. The average molecular weight is 354 g/mol. The monoisotopic (exact) mass is 354 g/mol. The number of fused-ring (bicyclic) bond motifs is 1. The second kappa shape index (κ2) is 8.81. The standard InChI is InChI=1S/C21H26N2O3/c24-12-11-16-7-4-10-19(16)23-21(26)14-22-20(25)13-17-8-3-6-15-5-1-2-9-18(15)17/h1-3,5-6,8-9,16,19,24H,4,7,10-14H2,(H,22,25)(H,23,26). The van der Waals surface area contributed by atoms with Gasteiger partial charge in [-0.2, -0.15) is 0 Å². The molecule has 2 aromatic carbocycles. The molecule has 3 rings (SSSR count). The van der Waals surface area contributed by atoms with Gasteiger partial charge in [-0.15, -0.1) is 0 Å². The Balaban J connectivity index is 1.50. The van der Waals surface area contributed by atoms with E-state index in [1.807, 2.05) is 42.5 Å². The van der Waals surface area contributed by atoms with Crippen LogP contribution in [0.15, 0.2) is 42.5 Å². The van der Waals surface area contributed by atoms with Crippen LogP contribution in [0.1, 0.15) is 31.2 Å². The molecule has 1 aliphatic rings. The molecule has 2 atom stereocenters. The van der Waals surface area contributed by atoms with E-state index in [1.165, 1.54) is 0 Å². The number of carbonyl (C=O) groups is 2. The first-order valence-electron chi connectivity index (χ1n) is 9.31. The second-order valence-corrected chi connectivity index (χ2v) is 6.97. The van der Waals surface area contributed by atoms with Crippen molar-refractivity contribution in [3.8, 4) is 0 Å². The maximum absolute atomic E-state index is 12.2. The molecule has 26 heavy (non-hydrogen) atoms. The second-order valence-electron chi connectivity index (χ2n) is 6.97. The van der Waals surface area contributed by atoms with Gasteiger partial charge in [0.05, 0.1) is 13.0 Å². The predicted octanol–water partition coefficient (Wildman–Crippen LogP) is 2.17. The maximum atomic E-state index is 12.2. The first kappa shape index (κ1) is 18.4.